The molecule has 210 valence electrons. The molecule has 0 aliphatic carbocycles. The molecule has 0 unspecified atom stereocenters. The van der Waals surface area contributed by atoms with Crippen LogP contribution in [0, 0.1) is 6.85 Å². The van der Waals surface area contributed by atoms with Gasteiger partial charge in [-0.3, -0.25) is 0 Å². The molecule has 2 heterocycles. The summed E-state index contributed by atoms with van der Waals surface area (Å²) in [7, 11) is 0. The first kappa shape index (κ1) is 22.7. The summed E-state index contributed by atoms with van der Waals surface area (Å²) in [5.41, 5.74) is 8.99. The highest BCUT2D eigenvalue weighted by Crippen LogP contribution is 2.39. The lowest BCUT2D eigenvalue weighted by molar-refractivity contribution is -0.556. The summed E-state index contributed by atoms with van der Waals surface area (Å²) in [6.45, 7) is 6.90. The van der Waals surface area contributed by atoms with Crippen molar-refractivity contribution in [2.24, 2.45) is 0 Å². The van der Waals surface area contributed by atoms with E-state index in [9.17, 15) is 0 Å². The number of H-pyrrole nitrogens is 1. The highest BCUT2D eigenvalue weighted by molar-refractivity contribution is 6.17. The zero-order valence-corrected chi connectivity index (χ0v) is 24.8. The number of aromatic nitrogens is 2. The average molecular weight is 563 g/mol. The van der Waals surface area contributed by atoms with Crippen molar-refractivity contribution in [1.29, 1.82) is 0 Å². The number of hydrogen-bond acceptors (Lipinski definition) is 1. The van der Waals surface area contributed by atoms with E-state index >= 15 is 0 Å². The molecule has 0 aliphatic rings. The number of furan rings is 1. The topological polar surface area (TPSA) is 32.8 Å². The maximum Gasteiger partial charge on any atom is 0.296 e. The van der Waals surface area contributed by atoms with E-state index < -0.39 is 6.85 Å². The summed E-state index contributed by atoms with van der Waals surface area (Å²) in [6.07, 6.45) is 0. The SMILES string of the molecule is [2H]C([2H])([2H])c1ccc2c(ccc3cc4c(cc32)oc2c(-c3[nH]c5ccccc5[n+]3-c3c(C(C)C)cccc3C(C)C)cccc24)c1. The zero-order valence-electron chi connectivity index (χ0n) is 27.8. The Morgan fingerprint density at radius 3 is 2.19 bits per heavy atom. The minimum atomic E-state index is -2.15. The van der Waals surface area contributed by atoms with Crippen LogP contribution < -0.4 is 4.57 Å². The first-order valence-electron chi connectivity index (χ1n) is 16.6. The molecule has 43 heavy (non-hydrogen) atoms. The van der Waals surface area contributed by atoms with Gasteiger partial charge in [-0.1, -0.05) is 106 Å². The first-order chi connectivity index (χ1) is 22.1. The van der Waals surface area contributed by atoms with Gasteiger partial charge in [-0.05, 0) is 70.6 Å². The van der Waals surface area contributed by atoms with Gasteiger partial charge >= 0.3 is 0 Å². The Balaban J connectivity index is 1.42. The van der Waals surface area contributed by atoms with Crippen molar-refractivity contribution in [3.63, 3.8) is 0 Å². The molecule has 0 spiro atoms. The minimum Gasteiger partial charge on any atom is -0.455 e. The van der Waals surface area contributed by atoms with E-state index in [-0.39, 0.29) is 0 Å². The van der Waals surface area contributed by atoms with Crippen molar-refractivity contribution in [2.75, 3.05) is 0 Å². The predicted molar refractivity (Wildman–Crippen MR) is 180 cm³/mol. The van der Waals surface area contributed by atoms with Gasteiger partial charge in [0.1, 0.15) is 16.8 Å². The quantitative estimate of drug-likeness (QED) is 0.168. The molecule has 0 radical (unpaired) electrons. The molecule has 0 saturated carbocycles. The van der Waals surface area contributed by atoms with Gasteiger partial charge in [0.2, 0.25) is 0 Å². The third-order valence-electron chi connectivity index (χ3n) is 8.90. The number of imidazole rings is 1. The van der Waals surface area contributed by atoms with Gasteiger partial charge in [-0.25, -0.2) is 4.98 Å². The molecule has 2 aromatic heterocycles. The van der Waals surface area contributed by atoms with Crippen LogP contribution in [0.3, 0.4) is 0 Å². The van der Waals surface area contributed by atoms with Crippen LogP contribution in [-0.4, -0.2) is 4.98 Å². The van der Waals surface area contributed by atoms with E-state index in [0.29, 0.717) is 17.4 Å². The van der Waals surface area contributed by atoms with E-state index in [1.54, 1.807) is 12.1 Å². The molecule has 1 N–H and O–H groups in total. The summed E-state index contributed by atoms with van der Waals surface area (Å²) in [6, 6.07) is 35.4. The number of nitrogens with zero attached hydrogens (tertiary/aromatic N) is 1. The molecule has 3 nitrogen and oxygen atoms in total. The van der Waals surface area contributed by atoms with Crippen LogP contribution in [0.25, 0.3) is 71.6 Å². The van der Waals surface area contributed by atoms with Crippen LogP contribution in [0.1, 0.15) is 60.3 Å². The molecule has 0 atom stereocenters. The Labute approximate surface area is 255 Å². The van der Waals surface area contributed by atoms with Gasteiger partial charge in [0.25, 0.3) is 5.82 Å². The molecule has 8 rings (SSSR count). The fraction of sp³-hybridized carbons (Fsp3) is 0.175. The maximum atomic E-state index is 7.86. The fourth-order valence-electron chi connectivity index (χ4n) is 6.81. The second-order valence-electron chi connectivity index (χ2n) is 12.3. The number of rotatable bonds is 4. The van der Waals surface area contributed by atoms with Gasteiger partial charge in [-0.15, -0.1) is 0 Å². The van der Waals surface area contributed by atoms with Crippen LogP contribution in [0.15, 0.2) is 108 Å². The zero-order chi connectivity index (χ0) is 31.9. The van der Waals surface area contributed by atoms with Crippen molar-refractivity contribution >= 4 is 54.5 Å². The molecule has 0 bridgehead atoms. The molecular weight excluding hydrogens is 524 g/mol. The van der Waals surface area contributed by atoms with Gasteiger partial charge in [0.15, 0.2) is 16.6 Å². The number of nitrogens with one attached hydrogen (secondary N) is 1. The molecule has 6 aromatic carbocycles. The number of aryl methyl sites for hydroxylation is 1. The summed E-state index contributed by atoms with van der Waals surface area (Å²) in [4.78, 5) is 3.78. The van der Waals surface area contributed by atoms with Crippen molar-refractivity contribution in [2.45, 2.75) is 46.4 Å². The monoisotopic (exact) mass is 562 g/mol. The standard InChI is InChI=1S/C40H34N2O/c1-23(2)28-10-8-11-29(24(3)4)38(28)42-36-15-7-6-14-35(36)41-40(42)32-13-9-12-31-34-21-27-18-17-26-20-25(5)16-19-30(26)33(27)22-37(34)43-39(31)32/h6-24H,1-5H3/p+1/i5D3. The van der Waals surface area contributed by atoms with Gasteiger partial charge in [0.05, 0.1) is 0 Å². The number of benzene rings is 6. The second-order valence-corrected chi connectivity index (χ2v) is 12.3. The first-order valence-corrected chi connectivity index (χ1v) is 15.1. The van der Waals surface area contributed by atoms with E-state index in [4.69, 9.17) is 8.53 Å². The molecule has 8 aromatic rings. The van der Waals surface area contributed by atoms with Crippen molar-refractivity contribution in [3.8, 4) is 17.1 Å². The Kier molecular flexibility index (Phi) is 5.05. The number of para-hydroxylation sites is 4. The van der Waals surface area contributed by atoms with E-state index in [1.165, 1.54) is 16.8 Å². The van der Waals surface area contributed by atoms with Crippen molar-refractivity contribution in [3.05, 3.63) is 120 Å². The van der Waals surface area contributed by atoms with Gasteiger partial charge in [-0.2, -0.15) is 4.57 Å². The van der Waals surface area contributed by atoms with Crippen LogP contribution in [0.4, 0.5) is 0 Å². The van der Waals surface area contributed by atoms with Crippen molar-refractivity contribution in [1.82, 2.24) is 4.98 Å². The normalized spacial score (nSPS) is 13.6. The fourth-order valence-corrected chi connectivity index (χ4v) is 6.81. The third-order valence-corrected chi connectivity index (χ3v) is 8.90. The molecule has 0 amide bonds. The second kappa shape index (κ2) is 9.57. The Morgan fingerprint density at radius 2 is 1.42 bits per heavy atom. The molecule has 0 saturated heterocycles. The van der Waals surface area contributed by atoms with Crippen molar-refractivity contribution < 1.29 is 13.1 Å². The molecule has 3 heteroatoms. The number of fused-ring (bicyclic) bond motifs is 7. The van der Waals surface area contributed by atoms with E-state index in [1.807, 2.05) is 12.1 Å². The Morgan fingerprint density at radius 1 is 0.674 bits per heavy atom. The lowest BCUT2D eigenvalue weighted by Crippen LogP contribution is -2.35. The summed E-state index contributed by atoms with van der Waals surface area (Å²) in [5.74, 6) is 1.65. The third kappa shape index (κ3) is 3.91. The predicted octanol–water partition coefficient (Wildman–Crippen LogP) is 10.9. The Hall–Kier alpha value is -4.89. The molecule has 0 fully saturated rings. The van der Waals surface area contributed by atoms with E-state index in [0.717, 1.165) is 65.9 Å². The molecular formula is C40H35N2O+. The highest BCUT2D eigenvalue weighted by Gasteiger charge is 2.30. The van der Waals surface area contributed by atoms with Crippen LogP contribution in [-0.2, 0) is 0 Å². The highest BCUT2D eigenvalue weighted by atomic mass is 16.3. The minimum absolute atomic E-state index is 0.336. The van der Waals surface area contributed by atoms with E-state index in [2.05, 4.69) is 116 Å². The lowest BCUT2D eigenvalue weighted by Gasteiger charge is -2.18. The largest absolute Gasteiger partial charge is 0.455 e. The van der Waals surface area contributed by atoms with Gasteiger partial charge < -0.3 is 4.42 Å². The van der Waals surface area contributed by atoms with Crippen LogP contribution in [0.5, 0.6) is 0 Å². The van der Waals surface area contributed by atoms with Crippen LogP contribution >= 0.6 is 0 Å². The van der Waals surface area contributed by atoms with Crippen LogP contribution in [0.2, 0.25) is 0 Å². The Bertz CT molecular complexity index is 2450. The molecule has 0 aliphatic heterocycles. The summed E-state index contributed by atoms with van der Waals surface area (Å²) >= 11 is 0. The summed E-state index contributed by atoms with van der Waals surface area (Å²) < 4.78 is 32.8. The average Bonchev–Trinajstić information content (AvgIpc) is 3.60. The lowest BCUT2D eigenvalue weighted by atomic mass is 9.92. The number of hydrogen-bond donors (Lipinski definition) is 1. The summed E-state index contributed by atoms with van der Waals surface area (Å²) in [5, 5.41) is 6.14. The number of aromatic amines is 1. The smallest absolute Gasteiger partial charge is 0.296 e. The maximum absolute atomic E-state index is 7.86. The van der Waals surface area contributed by atoms with Gasteiger partial charge in [0, 0.05) is 26.0 Å².